The molecule has 0 spiro atoms. The molecule has 0 unspecified atom stereocenters. The fraction of sp³-hybridized carbons (Fsp3) is 0.364. The van der Waals surface area contributed by atoms with E-state index in [9.17, 15) is 4.79 Å². The second-order valence-corrected chi connectivity index (χ2v) is 4.66. The lowest BCUT2D eigenvalue weighted by atomic mass is 10.1. The number of hydrogen-bond donors (Lipinski definition) is 1. The highest BCUT2D eigenvalue weighted by Crippen LogP contribution is 2.38. The molecule has 80 valence electrons. The lowest BCUT2D eigenvalue weighted by Crippen LogP contribution is -2.09. The largest absolute Gasteiger partial charge is 0.316 e. The summed E-state index contributed by atoms with van der Waals surface area (Å²) in [6.07, 6.45) is 2.82. The predicted molar refractivity (Wildman–Crippen MR) is 59.9 cm³/mol. The van der Waals surface area contributed by atoms with Crippen molar-refractivity contribution in [1.82, 2.24) is 0 Å². The van der Waals surface area contributed by atoms with E-state index >= 15 is 0 Å². The number of thiophene rings is 1. The van der Waals surface area contributed by atoms with Gasteiger partial charge in [0.05, 0.1) is 11.6 Å². The van der Waals surface area contributed by atoms with E-state index in [1.165, 1.54) is 16.2 Å². The Morgan fingerprint density at radius 2 is 2.25 bits per heavy atom. The molecule has 4 nitrogen and oxygen atoms in total. The maximum Gasteiger partial charge on any atom is 0.239 e. The SMILES string of the molecule is N#CCC(=O)Nc1sc2c(c1C#N)CCC2. The second-order valence-electron chi connectivity index (χ2n) is 3.56. The first-order chi connectivity index (χ1) is 7.76. The lowest BCUT2D eigenvalue weighted by Gasteiger charge is -2.00. The summed E-state index contributed by atoms with van der Waals surface area (Å²) in [6, 6.07) is 3.92. The van der Waals surface area contributed by atoms with Gasteiger partial charge in [-0.25, -0.2) is 0 Å². The van der Waals surface area contributed by atoms with Crippen molar-refractivity contribution < 1.29 is 4.79 Å². The number of nitriles is 2. The third kappa shape index (κ3) is 1.78. The van der Waals surface area contributed by atoms with Crippen LogP contribution in [-0.2, 0) is 17.6 Å². The molecule has 0 saturated heterocycles. The van der Waals surface area contributed by atoms with Crippen LogP contribution in [-0.4, -0.2) is 5.91 Å². The molecule has 0 atom stereocenters. The standard InChI is InChI=1S/C11H9N3OS/c12-5-4-10(15)14-11-8(6-13)7-2-1-3-9(7)16-11/h1-4H2,(H,14,15). The molecule has 0 radical (unpaired) electrons. The van der Waals surface area contributed by atoms with Gasteiger partial charge in [0.2, 0.25) is 5.91 Å². The summed E-state index contributed by atoms with van der Waals surface area (Å²) >= 11 is 1.46. The van der Waals surface area contributed by atoms with E-state index in [1.54, 1.807) is 6.07 Å². The molecular formula is C11H9N3OS. The van der Waals surface area contributed by atoms with Crippen molar-refractivity contribution >= 4 is 22.2 Å². The summed E-state index contributed by atoms with van der Waals surface area (Å²) in [5.41, 5.74) is 1.67. The van der Waals surface area contributed by atoms with Gasteiger partial charge in [0, 0.05) is 4.88 Å². The Balaban J connectivity index is 2.26. The van der Waals surface area contributed by atoms with E-state index < -0.39 is 0 Å². The van der Waals surface area contributed by atoms with Crippen molar-refractivity contribution in [1.29, 1.82) is 10.5 Å². The van der Waals surface area contributed by atoms with E-state index in [1.807, 2.05) is 0 Å². The number of nitrogens with zero attached hydrogens (tertiary/aromatic N) is 2. The van der Waals surface area contributed by atoms with Gasteiger partial charge in [-0.2, -0.15) is 10.5 Å². The minimum Gasteiger partial charge on any atom is -0.316 e. The molecule has 1 aromatic rings. The van der Waals surface area contributed by atoms with Gasteiger partial charge in [-0.1, -0.05) is 0 Å². The molecule has 1 aliphatic carbocycles. The molecule has 16 heavy (non-hydrogen) atoms. The summed E-state index contributed by atoms with van der Waals surface area (Å²) in [6.45, 7) is 0. The zero-order valence-electron chi connectivity index (χ0n) is 8.54. The van der Waals surface area contributed by atoms with Gasteiger partial charge in [0.15, 0.2) is 0 Å². The van der Waals surface area contributed by atoms with E-state index in [0.29, 0.717) is 10.6 Å². The number of nitrogens with one attached hydrogen (secondary N) is 1. The number of hydrogen-bond acceptors (Lipinski definition) is 4. The third-order valence-corrected chi connectivity index (χ3v) is 3.73. The quantitative estimate of drug-likeness (QED) is 0.845. The highest BCUT2D eigenvalue weighted by molar-refractivity contribution is 7.16. The molecule has 1 aliphatic rings. The Bertz CT molecular complexity index is 519. The Kier molecular flexibility index (Phi) is 2.89. The molecule has 0 bridgehead atoms. The van der Waals surface area contributed by atoms with Crippen molar-refractivity contribution in [2.24, 2.45) is 0 Å². The minimum absolute atomic E-state index is 0.173. The van der Waals surface area contributed by atoms with Crippen LogP contribution in [0.15, 0.2) is 0 Å². The molecule has 1 amide bonds. The fourth-order valence-electron chi connectivity index (χ4n) is 1.85. The molecule has 0 fully saturated rings. The average Bonchev–Trinajstić information content (AvgIpc) is 2.77. The summed E-state index contributed by atoms with van der Waals surface area (Å²) < 4.78 is 0. The van der Waals surface area contributed by atoms with E-state index in [2.05, 4.69) is 11.4 Å². The van der Waals surface area contributed by atoms with Crippen LogP contribution in [0.4, 0.5) is 5.00 Å². The van der Waals surface area contributed by atoms with Crippen molar-refractivity contribution in [3.05, 3.63) is 16.0 Å². The number of anilines is 1. The maximum atomic E-state index is 11.3. The monoisotopic (exact) mass is 231 g/mol. The molecule has 0 aliphatic heterocycles. The molecule has 2 rings (SSSR count). The molecule has 5 heteroatoms. The van der Waals surface area contributed by atoms with Crippen LogP contribution in [0.25, 0.3) is 0 Å². The molecule has 0 aromatic carbocycles. The van der Waals surface area contributed by atoms with Gasteiger partial charge in [-0.3, -0.25) is 4.79 Å². The maximum absolute atomic E-state index is 11.3. The number of fused-ring (bicyclic) bond motifs is 1. The van der Waals surface area contributed by atoms with Crippen LogP contribution in [0.2, 0.25) is 0 Å². The molecule has 0 saturated carbocycles. The van der Waals surface area contributed by atoms with Gasteiger partial charge in [0.1, 0.15) is 17.5 Å². The van der Waals surface area contributed by atoms with E-state index in [-0.39, 0.29) is 12.3 Å². The highest BCUT2D eigenvalue weighted by Gasteiger charge is 2.22. The number of carbonyl (C=O) groups is 1. The fourth-order valence-corrected chi connectivity index (χ4v) is 3.11. The van der Waals surface area contributed by atoms with Crippen molar-refractivity contribution in [2.75, 3.05) is 5.32 Å². The van der Waals surface area contributed by atoms with Gasteiger partial charge in [-0.05, 0) is 24.8 Å². The van der Waals surface area contributed by atoms with Gasteiger partial charge in [0.25, 0.3) is 0 Å². The average molecular weight is 231 g/mol. The Morgan fingerprint density at radius 1 is 1.44 bits per heavy atom. The third-order valence-electron chi connectivity index (χ3n) is 2.53. The number of aryl methyl sites for hydroxylation is 1. The van der Waals surface area contributed by atoms with Gasteiger partial charge in [-0.15, -0.1) is 11.3 Å². The zero-order valence-corrected chi connectivity index (χ0v) is 9.36. The van der Waals surface area contributed by atoms with Crippen LogP contribution >= 0.6 is 11.3 Å². The molecule has 1 N–H and O–H groups in total. The second kappa shape index (κ2) is 4.34. The van der Waals surface area contributed by atoms with Crippen molar-refractivity contribution in [3.8, 4) is 12.1 Å². The lowest BCUT2D eigenvalue weighted by molar-refractivity contribution is -0.115. The summed E-state index contributed by atoms with van der Waals surface area (Å²) in [7, 11) is 0. The van der Waals surface area contributed by atoms with Gasteiger partial charge < -0.3 is 5.32 Å². The first-order valence-electron chi connectivity index (χ1n) is 4.97. The Morgan fingerprint density at radius 3 is 2.94 bits per heavy atom. The summed E-state index contributed by atoms with van der Waals surface area (Å²) in [5.74, 6) is -0.348. The van der Waals surface area contributed by atoms with Gasteiger partial charge >= 0.3 is 0 Å². The van der Waals surface area contributed by atoms with Crippen molar-refractivity contribution in [2.45, 2.75) is 25.7 Å². The predicted octanol–water partition coefficient (Wildman–Crippen LogP) is 1.96. The first kappa shape index (κ1) is 10.7. The normalized spacial score (nSPS) is 12.6. The zero-order chi connectivity index (χ0) is 11.5. The van der Waals surface area contributed by atoms with Crippen LogP contribution in [0.3, 0.4) is 0 Å². The number of carbonyl (C=O) groups excluding carboxylic acids is 1. The van der Waals surface area contributed by atoms with Crippen LogP contribution in [0, 0.1) is 22.7 Å². The summed E-state index contributed by atoms with van der Waals surface area (Å²) in [5, 5.41) is 20.7. The number of amides is 1. The van der Waals surface area contributed by atoms with E-state index in [4.69, 9.17) is 10.5 Å². The van der Waals surface area contributed by atoms with Crippen molar-refractivity contribution in [3.63, 3.8) is 0 Å². The smallest absolute Gasteiger partial charge is 0.239 e. The first-order valence-corrected chi connectivity index (χ1v) is 5.79. The summed E-state index contributed by atoms with van der Waals surface area (Å²) in [4.78, 5) is 12.5. The molecular weight excluding hydrogens is 222 g/mol. The molecule has 1 heterocycles. The number of rotatable bonds is 2. The topological polar surface area (TPSA) is 76.7 Å². The Labute approximate surface area is 97.1 Å². The Hall–Kier alpha value is -1.85. The van der Waals surface area contributed by atoms with Crippen LogP contribution in [0.5, 0.6) is 0 Å². The minimum atomic E-state index is -0.348. The highest BCUT2D eigenvalue weighted by atomic mass is 32.1. The van der Waals surface area contributed by atoms with Crippen LogP contribution < -0.4 is 5.32 Å². The van der Waals surface area contributed by atoms with E-state index in [0.717, 1.165) is 24.8 Å². The van der Waals surface area contributed by atoms with Crippen LogP contribution in [0.1, 0.15) is 28.8 Å². The molecule has 1 aromatic heterocycles.